The van der Waals surface area contributed by atoms with Gasteiger partial charge in [-0.2, -0.15) is 13.2 Å². The first kappa shape index (κ1) is 22.5. The molecule has 2 bridgehead atoms. The van der Waals surface area contributed by atoms with Gasteiger partial charge >= 0.3 is 12.2 Å². The van der Waals surface area contributed by atoms with Gasteiger partial charge in [-0.25, -0.2) is 14.8 Å². The Labute approximate surface area is 177 Å². The molecule has 5 N–H and O–H groups in total. The highest BCUT2D eigenvalue weighted by Gasteiger charge is 2.41. The van der Waals surface area contributed by atoms with Crippen molar-refractivity contribution in [1.82, 2.24) is 20.2 Å². The molecule has 1 fully saturated rings. The predicted octanol–water partition coefficient (Wildman–Crippen LogP) is 1.64. The van der Waals surface area contributed by atoms with Crippen molar-refractivity contribution in [3.63, 3.8) is 0 Å². The number of amides is 2. The number of alkyl halides is 3. The summed E-state index contributed by atoms with van der Waals surface area (Å²) in [6.45, 7) is -1.19. The van der Waals surface area contributed by atoms with Gasteiger partial charge in [-0.3, -0.25) is 4.99 Å². The van der Waals surface area contributed by atoms with E-state index in [-0.39, 0.29) is 25.2 Å². The van der Waals surface area contributed by atoms with Gasteiger partial charge in [0.25, 0.3) is 0 Å². The largest absolute Gasteiger partial charge is 0.405 e. The monoisotopic (exact) mass is 439 g/mol. The van der Waals surface area contributed by atoms with Crippen molar-refractivity contribution in [1.29, 1.82) is 0 Å². The van der Waals surface area contributed by atoms with Crippen LogP contribution in [0.4, 0.5) is 23.9 Å². The Morgan fingerprint density at radius 2 is 2.23 bits per heavy atom. The minimum Gasteiger partial charge on any atom is -0.403 e. The van der Waals surface area contributed by atoms with E-state index in [0.717, 1.165) is 5.57 Å². The summed E-state index contributed by atoms with van der Waals surface area (Å²) in [6, 6.07) is 0.569. The van der Waals surface area contributed by atoms with Gasteiger partial charge in [-0.15, -0.1) is 0 Å². The molecule has 0 spiro atoms. The SMILES string of the molecule is NC=C(C=NCCO)Nc1nccc(C2=CC3CCC(C2)N3C(=O)NCC(F)(F)F)n1. The number of aromatic nitrogens is 2. The Balaban J connectivity index is 1.70. The molecule has 0 radical (unpaired) electrons. The highest BCUT2D eigenvalue weighted by atomic mass is 19.4. The molecule has 2 atom stereocenters. The average Bonchev–Trinajstić information content (AvgIpc) is 3.00. The Hall–Kier alpha value is -3.15. The van der Waals surface area contributed by atoms with Gasteiger partial charge in [-0.05, 0) is 30.9 Å². The number of rotatable bonds is 7. The number of hydrogen-bond acceptors (Lipinski definition) is 7. The van der Waals surface area contributed by atoms with E-state index in [1.807, 2.05) is 11.4 Å². The van der Waals surface area contributed by atoms with Crippen LogP contribution in [0.2, 0.25) is 0 Å². The highest BCUT2D eigenvalue weighted by Crippen LogP contribution is 2.38. The summed E-state index contributed by atoms with van der Waals surface area (Å²) in [5.41, 5.74) is 7.59. The van der Waals surface area contributed by atoms with Gasteiger partial charge in [0.1, 0.15) is 6.54 Å². The van der Waals surface area contributed by atoms with E-state index in [4.69, 9.17) is 10.8 Å². The molecule has 168 valence electrons. The number of nitrogens with two attached hydrogens (primary N) is 1. The quantitative estimate of drug-likeness (QED) is 0.478. The van der Waals surface area contributed by atoms with Gasteiger partial charge in [0.2, 0.25) is 5.95 Å². The molecule has 0 aromatic carbocycles. The third kappa shape index (κ3) is 5.94. The Morgan fingerprint density at radius 3 is 2.90 bits per heavy atom. The van der Waals surface area contributed by atoms with Crippen molar-refractivity contribution in [2.24, 2.45) is 10.7 Å². The normalized spacial score (nSPS) is 21.4. The van der Waals surface area contributed by atoms with Crippen LogP contribution in [0.3, 0.4) is 0 Å². The maximum atomic E-state index is 12.4. The number of fused-ring (bicyclic) bond motifs is 2. The van der Waals surface area contributed by atoms with Crippen LogP contribution in [-0.2, 0) is 0 Å². The number of halogens is 3. The first-order valence-electron chi connectivity index (χ1n) is 9.77. The molecule has 3 heterocycles. The van der Waals surface area contributed by atoms with Crippen LogP contribution in [-0.4, -0.2) is 70.2 Å². The number of aliphatic imine (C=N–C) groups is 1. The maximum absolute atomic E-state index is 12.4. The van der Waals surface area contributed by atoms with Crippen LogP contribution < -0.4 is 16.4 Å². The summed E-state index contributed by atoms with van der Waals surface area (Å²) in [5.74, 6) is 0.295. The second-order valence-electron chi connectivity index (χ2n) is 7.15. The number of carbonyl (C=O) groups excluding carboxylic acids is 1. The Kier molecular flexibility index (Phi) is 7.10. The van der Waals surface area contributed by atoms with E-state index in [9.17, 15) is 18.0 Å². The summed E-state index contributed by atoms with van der Waals surface area (Å²) in [6.07, 6.45) is 3.66. The number of urea groups is 1. The molecule has 31 heavy (non-hydrogen) atoms. The molecule has 1 saturated heterocycles. The molecule has 0 aliphatic carbocycles. The van der Waals surface area contributed by atoms with Crippen LogP contribution in [0.1, 0.15) is 25.0 Å². The lowest BCUT2D eigenvalue weighted by Gasteiger charge is -2.34. The number of nitrogens with zero attached hydrogens (tertiary/aromatic N) is 4. The summed E-state index contributed by atoms with van der Waals surface area (Å²) in [5, 5.41) is 13.7. The highest BCUT2D eigenvalue weighted by molar-refractivity contribution is 5.82. The van der Waals surface area contributed by atoms with E-state index in [0.29, 0.717) is 36.6 Å². The van der Waals surface area contributed by atoms with Crippen LogP contribution in [0.5, 0.6) is 0 Å². The first-order valence-corrected chi connectivity index (χ1v) is 9.77. The van der Waals surface area contributed by atoms with E-state index in [1.165, 1.54) is 17.3 Å². The van der Waals surface area contributed by atoms with E-state index in [2.05, 4.69) is 20.3 Å². The van der Waals surface area contributed by atoms with E-state index >= 15 is 0 Å². The van der Waals surface area contributed by atoms with E-state index < -0.39 is 18.8 Å². The number of nitrogens with one attached hydrogen (secondary N) is 2. The second kappa shape index (κ2) is 9.77. The molecular weight excluding hydrogens is 415 g/mol. The summed E-state index contributed by atoms with van der Waals surface area (Å²) in [4.78, 5) is 26.4. The maximum Gasteiger partial charge on any atom is 0.405 e. The number of anilines is 1. The third-order valence-electron chi connectivity index (χ3n) is 4.95. The Bertz CT molecular complexity index is 885. The zero-order valence-electron chi connectivity index (χ0n) is 16.6. The van der Waals surface area contributed by atoms with Crippen LogP contribution in [0.25, 0.3) is 5.57 Å². The number of allylic oxidation sites excluding steroid dienone is 1. The average molecular weight is 439 g/mol. The number of carbonyl (C=O) groups is 1. The number of aliphatic hydroxyl groups is 1. The first-order chi connectivity index (χ1) is 14.8. The molecule has 2 aliphatic heterocycles. The van der Waals surface area contributed by atoms with Crippen molar-refractivity contribution in [3.8, 4) is 0 Å². The second-order valence-corrected chi connectivity index (χ2v) is 7.15. The van der Waals surface area contributed by atoms with Crippen molar-refractivity contribution in [2.45, 2.75) is 37.5 Å². The summed E-state index contributed by atoms with van der Waals surface area (Å²) >= 11 is 0. The van der Waals surface area contributed by atoms with Gasteiger partial charge in [0.15, 0.2) is 0 Å². The smallest absolute Gasteiger partial charge is 0.403 e. The van der Waals surface area contributed by atoms with Crippen molar-refractivity contribution < 1.29 is 23.1 Å². The molecule has 2 aliphatic rings. The van der Waals surface area contributed by atoms with Gasteiger partial charge in [0, 0.05) is 24.7 Å². The molecular formula is C19H24F3N7O2. The fraction of sp³-hybridized carbons (Fsp3) is 0.474. The third-order valence-corrected chi connectivity index (χ3v) is 4.95. The lowest BCUT2D eigenvalue weighted by Crippen LogP contribution is -2.50. The fourth-order valence-electron chi connectivity index (χ4n) is 3.67. The zero-order valence-corrected chi connectivity index (χ0v) is 16.6. The molecule has 2 unspecified atom stereocenters. The standard InChI is InChI=1S/C19H24F3N7O2/c20-19(21,22)11-26-18(31)29-14-1-2-15(29)8-12(7-14)16-3-4-25-17(28-16)27-13(9-23)10-24-5-6-30/h3-4,7,9-10,14-15,30H,1-2,5-6,8,11,23H2,(H,26,31)(H,25,27,28). The minimum absolute atomic E-state index is 0.0813. The minimum atomic E-state index is -4.45. The molecule has 2 amide bonds. The molecule has 1 aromatic rings. The van der Waals surface area contributed by atoms with Gasteiger partial charge in [-0.1, -0.05) is 6.08 Å². The van der Waals surface area contributed by atoms with Gasteiger partial charge in [0.05, 0.1) is 30.6 Å². The van der Waals surface area contributed by atoms with Crippen LogP contribution >= 0.6 is 0 Å². The van der Waals surface area contributed by atoms with Crippen molar-refractivity contribution >= 4 is 23.8 Å². The summed E-state index contributed by atoms with van der Waals surface area (Å²) in [7, 11) is 0. The lowest BCUT2D eigenvalue weighted by molar-refractivity contribution is -0.123. The van der Waals surface area contributed by atoms with Gasteiger partial charge < -0.3 is 26.4 Å². The molecule has 0 saturated carbocycles. The lowest BCUT2D eigenvalue weighted by atomic mass is 9.98. The molecule has 9 nitrogen and oxygen atoms in total. The zero-order chi connectivity index (χ0) is 22.4. The fourth-order valence-corrected chi connectivity index (χ4v) is 3.67. The number of hydrogen-bond donors (Lipinski definition) is 4. The summed E-state index contributed by atoms with van der Waals surface area (Å²) < 4.78 is 37.3. The Morgan fingerprint density at radius 1 is 1.42 bits per heavy atom. The molecule has 12 heteroatoms. The molecule has 1 aromatic heterocycles. The van der Waals surface area contributed by atoms with Crippen molar-refractivity contribution in [3.05, 3.63) is 35.9 Å². The van der Waals surface area contributed by atoms with Crippen molar-refractivity contribution in [2.75, 3.05) is 25.0 Å². The van der Waals surface area contributed by atoms with Crippen LogP contribution in [0, 0.1) is 0 Å². The van der Waals surface area contributed by atoms with Crippen LogP contribution in [0.15, 0.2) is 35.2 Å². The number of aliphatic hydroxyl groups excluding tert-OH is 1. The molecule has 3 rings (SSSR count). The topological polar surface area (TPSA) is 129 Å². The van der Waals surface area contributed by atoms with E-state index in [1.54, 1.807) is 12.3 Å². The predicted molar refractivity (Wildman–Crippen MR) is 109 cm³/mol.